The number of pyridine rings is 1. The molecule has 3 saturated heterocycles. The second kappa shape index (κ2) is 13.1. The first-order chi connectivity index (χ1) is 22.8. The number of hydrogen-bond acceptors (Lipinski definition) is 9. The smallest absolute Gasteiger partial charge is 0.254 e. The third-order valence-electron chi connectivity index (χ3n) is 9.53. The van der Waals surface area contributed by atoms with Crippen molar-refractivity contribution in [1.82, 2.24) is 29.3 Å². The van der Waals surface area contributed by atoms with Gasteiger partial charge in [-0.25, -0.2) is 4.52 Å². The van der Waals surface area contributed by atoms with Crippen LogP contribution in [0.2, 0.25) is 5.02 Å². The van der Waals surface area contributed by atoms with Gasteiger partial charge in [-0.05, 0) is 74.0 Å². The lowest BCUT2D eigenvalue weighted by Gasteiger charge is -2.40. The fourth-order valence-electron chi connectivity index (χ4n) is 6.64. The van der Waals surface area contributed by atoms with Crippen LogP contribution in [0.5, 0.6) is 0 Å². The van der Waals surface area contributed by atoms with Crippen molar-refractivity contribution in [3.63, 3.8) is 0 Å². The van der Waals surface area contributed by atoms with Crippen molar-refractivity contribution in [3.05, 3.63) is 83.0 Å². The normalized spacial score (nSPS) is 20.4. The van der Waals surface area contributed by atoms with E-state index in [1.54, 1.807) is 21.5 Å². The van der Waals surface area contributed by atoms with E-state index in [9.17, 15) is 14.7 Å². The number of likely N-dealkylation sites (N-methyl/N-ethyl adjacent to an activating group) is 1. The summed E-state index contributed by atoms with van der Waals surface area (Å²) in [4.78, 5) is 39.6. The minimum atomic E-state index is -0.900. The lowest BCUT2D eigenvalue weighted by molar-refractivity contribution is -0.142. The Labute approximate surface area is 278 Å². The number of hydrogen-bond donors (Lipinski definition) is 2. The maximum Gasteiger partial charge on any atom is 0.254 e. The number of carbonyl (C=O) groups is 2. The van der Waals surface area contributed by atoms with Crippen LogP contribution in [0, 0.1) is 0 Å². The fourth-order valence-corrected chi connectivity index (χ4v) is 6.76. The molecule has 13 heteroatoms. The Morgan fingerprint density at radius 1 is 0.957 bits per heavy atom. The number of morpholine rings is 1. The topological polar surface area (TPSA) is 119 Å². The monoisotopic (exact) mass is 658 g/mol. The van der Waals surface area contributed by atoms with Gasteiger partial charge in [-0.3, -0.25) is 9.59 Å². The Hall–Kier alpha value is -4.23. The molecule has 5 heterocycles. The molecule has 3 fully saturated rings. The van der Waals surface area contributed by atoms with Crippen molar-refractivity contribution in [2.75, 3.05) is 76.3 Å². The molecule has 3 aliphatic heterocycles. The van der Waals surface area contributed by atoms with E-state index in [0.717, 1.165) is 30.0 Å². The molecule has 4 aromatic rings. The van der Waals surface area contributed by atoms with Crippen molar-refractivity contribution in [3.8, 4) is 0 Å². The Bertz CT molecular complexity index is 1730. The number of anilines is 3. The summed E-state index contributed by atoms with van der Waals surface area (Å²) >= 11 is 6.05. The van der Waals surface area contributed by atoms with Crippen molar-refractivity contribution < 1.29 is 19.4 Å². The Kier molecular flexibility index (Phi) is 8.75. The van der Waals surface area contributed by atoms with Gasteiger partial charge in [0.25, 0.3) is 5.91 Å². The maximum absolute atomic E-state index is 13.6. The third-order valence-corrected chi connectivity index (χ3v) is 9.78. The average Bonchev–Trinajstić information content (AvgIpc) is 3.52. The van der Waals surface area contributed by atoms with E-state index in [1.807, 2.05) is 66.7 Å². The zero-order valence-electron chi connectivity index (χ0n) is 26.4. The predicted molar refractivity (Wildman–Crippen MR) is 179 cm³/mol. The van der Waals surface area contributed by atoms with E-state index in [0.29, 0.717) is 74.4 Å². The number of ether oxygens (including phenoxy) is 1. The second-order valence-electron chi connectivity index (χ2n) is 12.5. The Morgan fingerprint density at radius 2 is 1.68 bits per heavy atom. The zero-order valence-corrected chi connectivity index (χ0v) is 27.1. The zero-order chi connectivity index (χ0) is 32.5. The molecule has 0 bridgehead atoms. The molecule has 0 saturated carbocycles. The molecular weight excluding hydrogens is 620 g/mol. The molecule has 0 aliphatic carbocycles. The highest BCUT2D eigenvalue weighted by atomic mass is 35.5. The van der Waals surface area contributed by atoms with E-state index < -0.39 is 11.6 Å². The van der Waals surface area contributed by atoms with Crippen LogP contribution in [0.25, 0.3) is 5.65 Å². The van der Waals surface area contributed by atoms with Gasteiger partial charge in [-0.2, -0.15) is 4.98 Å². The van der Waals surface area contributed by atoms with E-state index >= 15 is 0 Å². The lowest BCUT2D eigenvalue weighted by atomic mass is 9.84. The highest BCUT2D eigenvalue weighted by Crippen LogP contribution is 2.36. The number of carbonyl (C=O) groups excluding carboxylic acids is 2. The third kappa shape index (κ3) is 6.51. The summed E-state index contributed by atoms with van der Waals surface area (Å²) in [5.41, 5.74) is 2.87. The van der Waals surface area contributed by atoms with Crippen molar-refractivity contribution in [1.29, 1.82) is 0 Å². The molecule has 0 spiro atoms. The first-order valence-corrected chi connectivity index (χ1v) is 16.5. The van der Waals surface area contributed by atoms with Crippen LogP contribution in [0.4, 0.5) is 17.3 Å². The molecule has 246 valence electrons. The van der Waals surface area contributed by atoms with E-state index in [4.69, 9.17) is 21.3 Å². The molecule has 2 aromatic heterocycles. The first kappa shape index (κ1) is 31.4. The number of halogens is 1. The van der Waals surface area contributed by atoms with E-state index in [1.165, 1.54) is 0 Å². The summed E-state index contributed by atoms with van der Waals surface area (Å²) in [6.07, 6.45) is 3.01. The summed E-state index contributed by atoms with van der Waals surface area (Å²) in [6.45, 7) is 5.24. The summed E-state index contributed by atoms with van der Waals surface area (Å²) in [5.74, 6) is 0.188. The summed E-state index contributed by atoms with van der Waals surface area (Å²) in [7, 11) is 2.04. The highest BCUT2D eigenvalue weighted by molar-refractivity contribution is 6.30. The predicted octanol–water partition coefficient (Wildman–Crippen LogP) is 3.23. The van der Waals surface area contributed by atoms with Crippen LogP contribution in [0.15, 0.2) is 66.9 Å². The minimum absolute atomic E-state index is 0.0523. The van der Waals surface area contributed by atoms with Gasteiger partial charge < -0.3 is 34.8 Å². The molecule has 2 amide bonds. The summed E-state index contributed by atoms with van der Waals surface area (Å²) < 4.78 is 7.37. The van der Waals surface area contributed by atoms with Gasteiger partial charge in [-0.15, -0.1) is 5.10 Å². The number of amides is 2. The number of benzene rings is 2. The number of piperazine rings is 1. The van der Waals surface area contributed by atoms with Gasteiger partial charge in [0, 0.05) is 68.3 Å². The number of nitrogens with one attached hydrogen (secondary N) is 1. The molecule has 0 radical (unpaired) electrons. The molecule has 12 nitrogen and oxygen atoms in total. The molecule has 3 aliphatic rings. The number of fused-ring (bicyclic) bond motifs is 1. The van der Waals surface area contributed by atoms with Crippen LogP contribution in [-0.4, -0.2) is 118 Å². The largest absolute Gasteiger partial charge is 0.385 e. The van der Waals surface area contributed by atoms with Crippen LogP contribution >= 0.6 is 11.6 Å². The second-order valence-corrected chi connectivity index (χ2v) is 13.0. The molecule has 2 aromatic carbocycles. The molecule has 1 atom stereocenters. The van der Waals surface area contributed by atoms with Gasteiger partial charge in [0.15, 0.2) is 5.65 Å². The molecule has 1 unspecified atom stereocenters. The number of piperidine rings is 1. The maximum atomic E-state index is 13.6. The standard InChI is InChI=1S/C34H39ClN8O4/c1-39-17-19-41(20-18-39)32(45)29-23-47-22-21-42(29)31(44)24-4-10-27(11-5-24)36-33-37-30-28(3-2-14-43(30)38-33)40-15-12-34(46,13-16-40)25-6-8-26(35)9-7-25/h2-11,14,29,46H,12-13,15-23H2,1H3,(H,36,38). The Balaban J connectivity index is 1.01. The fraction of sp³-hybridized carbons (Fsp3) is 0.412. The number of nitrogens with zero attached hydrogens (tertiary/aromatic N) is 7. The van der Waals surface area contributed by atoms with E-state index in [2.05, 4.69) is 20.2 Å². The highest BCUT2D eigenvalue weighted by Gasteiger charge is 2.37. The molecule has 2 N–H and O–H groups in total. The Morgan fingerprint density at radius 3 is 2.40 bits per heavy atom. The van der Waals surface area contributed by atoms with Crippen LogP contribution in [-0.2, 0) is 15.1 Å². The summed E-state index contributed by atoms with van der Waals surface area (Å²) in [5, 5.41) is 19.9. The number of aromatic nitrogens is 3. The van der Waals surface area contributed by atoms with Gasteiger partial charge in [0.05, 0.1) is 24.5 Å². The van der Waals surface area contributed by atoms with Crippen LogP contribution in [0.3, 0.4) is 0 Å². The van der Waals surface area contributed by atoms with Gasteiger partial charge in [-0.1, -0.05) is 23.7 Å². The molecular formula is C34H39ClN8O4. The van der Waals surface area contributed by atoms with Crippen LogP contribution in [0.1, 0.15) is 28.8 Å². The van der Waals surface area contributed by atoms with Crippen LogP contribution < -0.4 is 10.2 Å². The average molecular weight is 659 g/mol. The lowest BCUT2D eigenvalue weighted by Crippen LogP contribution is -2.59. The SMILES string of the molecule is CN1CCN(C(=O)C2COCCN2C(=O)c2ccc(Nc3nc4c(N5CCC(O)(c6ccc(Cl)cc6)CC5)cccn4n3)cc2)CC1. The molecule has 47 heavy (non-hydrogen) atoms. The van der Waals surface area contributed by atoms with Crippen molar-refractivity contribution in [2.45, 2.75) is 24.5 Å². The first-order valence-electron chi connectivity index (χ1n) is 16.1. The number of rotatable bonds is 6. The van der Waals surface area contributed by atoms with Gasteiger partial charge in [0.1, 0.15) is 6.04 Å². The quantitative estimate of drug-likeness (QED) is 0.322. The van der Waals surface area contributed by atoms with Gasteiger partial charge in [0.2, 0.25) is 11.9 Å². The number of aliphatic hydroxyl groups is 1. The minimum Gasteiger partial charge on any atom is -0.385 e. The molecule has 7 rings (SSSR count). The van der Waals surface area contributed by atoms with E-state index in [-0.39, 0.29) is 18.4 Å². The summed E-state index contributed by atoms with van der Waals surface area (Å²) in [6, 6.07) is 17.9. The van der Waals surface area contributed by atoms with Gasteiger partial charge >= 0.3 is 0 Å². The van der Waals surface area contributed by atoms with Crippen molar-refractivity contribution in [2.24, 2.45) is 0 Å². The van der Waals surface area contributed by atoms with Crippen molar-refractivity contribution >= 4 is 46.4 Å².